The minimum Gasteiger partial charge on any atom is -0.324 e. The normalized spacial score (nSPS) is 21.8. The molecule has 2 unspecified atom stereocenters. The third kappa shape index (κ3) is 2.46. The van der Waals surface area contributed by atoms with Gasteiger partial charge in [0.05, 0.1) is 5.69 Å². The Morgan fingerprint density at radius 1 is 1.05 bits per heavy atom. The van der Waals surface area contributed by atoms with E-state index in [0.717, 1.165) is 5.69 Å². The van der Waals surface area contributed by atoms with Crippen LogP contribution in [-0.2, 0) is 0 Å². The molecule has 3 rings (SSSR count). The minimum atomic E-state index is 0.533. The van der Waals surface area contributed by atoms with Crippen LogP contribution < -0.4 is 5.32 Å². The third-order valence-corrected chi connectivity index (χ3v) is 3.91. The highest BCUT2D eigenvalue weighted by molar-refractivity contribution is 5.53. The van der Waals surface area contributed by atoms with Crippen LogP contribution in [0.5, 0.6) is 0 Å². The summed E-state index contributed by atoms with van der Waals surface area (Å²) < 4.78 is 0. The van der Waals surface area contributed by atoms with Crippen LogP contribution in [0.4, 0.5) is 11.6 Å². The SMILES string of the molecule is CC1CCC(C)c2nc(Nc3ccccc3)ncc21. The lowest BCUT2D eigenvalue weighted by atomic mass is 9.82. The minimum absolute atomic E-state index is 0.533. The zero-order chi connectivity index (χ0) is 13.2. The van der Waals surface area contributed by atoms with Crippen LogP contribution in [-0.4, -0.2) is 9.97 Å². The summed E-state index contributed by atoms with van der Waals surface area (Å²) in [6.07, 6.45) is 4.45. The number of aromatic nitrogens is 2. The highest BCUT2D eigenvalue weighted by Crippen LogP contribution is 2.37. The molecule has 1 aliphatic carbocycles. The van der Waals surface area contributed by atoms with Gasteiger partial charge >= 0.3 is 0 Å². The van der Waals surface area contributed by atoms with E-state index in [2.05, 4.69) is 24.1 Å². The van der Waals surface area contributed by atoms with Crippen LogP contribution >= 0.6 is 0 Å². The Bertz CT molecular complexity index is 565. The van der Waals surface area contributed by atoms with E-state index >= 15 is 0 Å². The molecule has 0 spiro atoms. The largest absolute Gasteiger partial charge is 0.324 e. The summed E-state index contributed by atoms with van der Waals surface area (Å²) in [5.74, 6) is 1.81. The fraction of sp³-hybridized carbons (Fsp3) is 0.375. The molecule has 2 atom stereocenters. The molecule has 0 saturated carbocycles. The summed E-state index contributed by atoms with van der Waals surface area (Å²) in [7, 11) is 0. The second-order valence-corrected chi connectivity index (χ2v) is 5.40. The van der Waals surface area contributed by atoms with Crippen LogP contribution in [0, 0.1) is 0 Å². The Morgan fingerprint density at radius 3 is 2.58 bits per heavy atom. The number of rotatable bonds is 2. The van der Waals surface area contributed by atoms with Crippen molar-refractivity contribution in [3.05, 3.63) is 47.8 Å². The Balaban J connectivity index is 1.91. The van der Waals surface area contributed by atoms with Gasteiger partial charge in [-0.25, -0.2) is 9.97 Å². The van der Waals surface area contributed by atoms with Crippen LogP contribution in [0.15, 0.2) is 36.5 Å². The number of para-hydroxylation sites is 1. The van der Waals surface area contributed by atoms with Crippen molar-refractivity contribution >= 4 is 11.6 Å². The summed E-state index contributed by atoms with van der Waals surface area (Å²) in [6, 6.07) is 10.1. The molecule has 0 fully saturated rings. The van der Waals surface area contributed by atoms with E-state index in [9.17, 15) is 0 Å². The van der Waals surface area contributed by atoms with Gasteiger partial charge in [0.2, 0.25) is 5.95 Å². The summed E-state index contributed by atoms with van der Waals surface area (Å²) in [6.45, 7) is 4.52. The summed E-state index contributed by atoms with van der Waals surface area (Å²) >= 11 is 0. The van der Waals surface area contributed by atoms with E-state index < -0.39 is 0 Å². The third-order valence-electron chi connectivity index (χ3n) is 3.91. The van der Waals surface area contributed by atoms with Gasteiger partial charge in [-0.2, -0.15) is 0 Å². The smallest absolute Gasteiger partial charge is 0.227 e. The average Bonchev–Trinajstić information content (AvgIpc) is 2.44. The van der Waals surface area contributed by atoms with Crippen molar-refractivity contribution < 1.29 is 0 Å². The second kappa shape index (κ2) is 5.00. The summed E-state index contributed by atoms with van der Waals surface area (Å²) in [5.41, 5.74) is 3.56. The fourth-order valence-electron chi connectivity index (χ4n) is 2.68. The van der Waals surface area contributed by atoms with Gasteiger partial charge in [-0.3, -0.25) is 0 Å². The van der Waals surface area contributed by atoms with Gasteiger partial charge in [-0.05, 0) is 42.4 Å². The Labute approximate surface area is 114 Å². The highest BCUT2D eigenvalue weighted by Gasteiger charge is 2.24. The van der Waals surface area contributed by atoms with E-state index in [1.165, 1.54) is 24.1 Å². The first-order valence-corrected chi connectivity index (χ1v) is 6.93. The molecular formula is C16H19N3. The lowest BCUT2D eigenvalue weighted by Gasteiger charge is -2.26. The molecule has 1 heterocycles. The standard InChI is InChI=1S/C16H19N3/c1-11-8-9-12(2)15-14(11)10-17-16(19-15)18-13-6-4-3-5-7-13/h3-7,10-12H,8-9H2,1-2H3,(H,17,18,19). The molecule has 1 aromatic heterocycles. The van der Waals surface area contributed by atoms with E-state index in [1.54, 1.807) is 0 Å². The second-order valence-electron chi connectivity index (χ2n) is 5.40. The number of anilines is 2. The molecule has 19 heavy (non-hydrogen) atoms. The van der Waals surface area contributed by atoms with Gasteiger partial charge in [0.25, 0.3) is 0 Å². The van der Waals surface area contributed by atoms with Crippen molar-refractivity contribution in [2.45, 2.75) is 38.5 Å². The van der Waals surface area contributed by atoms with Gasteiger partial charge in [-0.1, -0.05) is 32.0 Å². The van der Waals surface area contributed by atoms with E-state index in [-0.39, 0.29) is 0 Å². The highest BCUT2D eigenvalue weighted by atomic mass is 15.1. The first kappa shape index (κ1) is 12.2. The number of nitrogens with zero attached hydrogens (tertiary/aromatic N) is 2. The molecule has 0 amide bonds. The lowest BCUT2D eigenvalue weighted by Crippen LogP contribution is -2.14. The van der Waals surface area contributed by atoms with Crippen molar-refractivity contribution in [3.8, 4) is 0 Å². The van der Waals surface area contributed by atoms with Gasteiger partial charge in [0.1, 0.15) is 0 Å². The summed E-state index contributed by atoms with van der Waals surface area (Å²) in [5, 5.41) is 3.27. The maximum Gasteiger partial charge on any atom is 0.227 e. The van der Waals surface area contributed by atoms with Crippen molar-refractivity contribution in [2.24, 2.45) is 0 Å². The molecule has 3 nitrogen and oxygen atoms in total. The summed E-state index contributed by atoms with van der Waals surface area (Å²) in [4.78, 5) is 9.17. The molecule has 1 aliphatic rings. The number of benzene rings is 1. The molecule has 0 radical (unpaired) electrons. The molecule has 98 valence electrons. The lowest BCUT2D eigenvalue weighted by molar-refractivity contribution is 0.512. The van der Waals surface area contributed by atoms with Gasteiger partial charge in [-0.15, -0.1) is 0 Å². The van der Waals surface area contributed by atoms with Crippen molar-refractivity contribution in [1.82, 2.24) is 9.97 Å². The van der Waals surface area contributed by atoms with Crippen molar-refractivity contribution in [1.29, 1.82) is 0 Å². The quantitative estimate of drug-likeness (QED) is 0.870. The zero-order valence-electron chi connectivity index (χ0n) is 11.4. The first-order valence-electron chi connectivity index (χ1n) is 6.93. The molecule has 0 saturated heterocycles. The van der Waals surface area contributed by atoms with Crippen LogP contribution in [0.25, 0.3) is 0 Å². The van der Waals surface area contributed by atoms with E-state index in [4.69, 9.17) is 4.98 Å². The predicted molar refractivity (Wildman–Crippen MR) is 77.8 cm³/mol. The molecule has 1 aromatic carbocycles. The molecular weight excluding hydrogens is 234 g/mol. The molecule has 2 aromatic rings. The maximum absolute atomic E-state index is 4.72. The van der Waals surface area contributed by atoms with E-state index in [0.29, 0.717) is 17.8 Å². The van der Waals surface area contributed by atoms with Crippen LogP contribution in [0.2, 0.25) is 0 Å². The zero-order valence-corrected chi connectivity index (χ0v) is 11.4. The molecule has 1 N–H and O–H groups in total. The topological polar surface area (TPSA) is 37.8 Å². The van der Waals surface area contributed by atoms with Crippen LogP contribution in [0.1, 0.15) is 49.8 Å². The molecule has 0 aliphatic heterocycles. The first-order chi connectivity index (χ1) is 9.24. The number of hydrogen-bond acceptors (Lipinski definition) is 3. The average molecular weight is 253 g/mol. The maximum atomic E-state index is 4.72. The van der Waals surface area contributed by atoms with Gasteiger partial charge < -0.3 is 5.32 Å². The number of fused-ring (bicyclic) bond motifs is 1. The van der Waals surface area contributed by atoms with Crippen molar-refractivity contribution in [2.75, 3.05) is 5.32 Å². The number of hydrogen-bond donors (Lipinski definition) is 1. The van der Waals surface area contributed by atoms with Crippen LogP contribution in [0.3, 0.4) is 0 Å². The Hall–Kier alpha value is -1.90. The Morgan fingerprint density at radius 2 is 1.79 bits per heavy atom. The number of nitrogens with one attached hydrogen (secondary N) is 1. The van der Waals surface area contributed by atoms with Crippen molar-refractivity contribution in [3.63, 3.8) is 0 Å². The monoisotopic (exact) mass is 253 g/mol. The van der Waals surface area contributed by atoms with Gasteiger partial charge in [0, 0.05) is 11.9 Å². The Kier molecular flexibility index (Phi) is 3.20. The molecule has 0 bridgehead atoms. The molecule has 3 heteroatoms. The van der Waals surface area contributed by atoms with Gasteiger partial charge in [0.15, 0.2) is 0 Å². The van der Waals surface area contributed by atoms with E-state index in [1.807, 2.05) is 36.5 Å². The predicted octanol–water partition coefficient (Wildman–Crippen LogP) is 4.22. The fourth-order valence-corrected chi connectivity index (χ4v) is 2.68.